The predicted octanol–water partition coefficient (Wildman–Crippen LogP) is 1.80. The van der Waals surface area contributed by atoms with Gasteiger partial charge in [0.15, 0.2) is 5.82 Å². The summed E-state index contributed by atoms with van der Waals surface area (Å²) in [6.45, 7) is 1.67. The average molecular weight is 390 g/mol. The highest BCUT2D eigenvalue weighted by Crippen LogP contribution is 2.32. The molecule has 0 saturated carbocycles. The number of benzene rings is 1. The number of hydrogen-bond acceptors (Lipinski definition) is 7. The summed E-state index contributed by atoms with van der Waals surface area (Å²) in [6, 6.07) is 12.2. The second-order valence-corrected chi connectivity index (χ2v) is 7.33. The topological polar surface area (TPSA) is 97.3 Å². The lowest BCUT2D eigenvalue weighted by Gasteiger charge is -2.33. The Balaban J connectivity index is 1.43. The Labute approximate surface area is 167 Å². The van der Waals surface area contributed by atoms with Gasteiger partial charge in [-0.25, -0.2) is 0 Å². The number of nitrogens with zero attached hydrogens (tertiary/aromatic N) is 8. The van der Waals surface area contributed by atoms with E-state index in [-0.39, 0.29) is 6.61 Å². The maximum absolute atomic E-state index is 9.37. The van der Waals surface area contributed by atoms with Crippen LogP contribution >= 0.6 is 0 Å². The van der Waals surface area contributed by atoms with Crippen molar-refractivity contribution in [1.82, 2.24) is 34.6 Å². The minimum Gasteiger partial charge on any atom is -0.388 e. The molecule has 1 aromatic carbocycles. The predicted molar refractivity (Wildman–Crippen MR) is 107 cm³/mol. The molecule has 1 aliphatic heterocycles. The first kappa shape index (κ1) is 17.7. The van der Waals surface area contributed by atoms with Gasteiger partial charge >= 0.3 is 0 Å². The largest absolute Gasteiger partial charge is 0.388 e. The maximum atomic E-state index is 9.37. The number of piperidine rings is 1. The van der Waals surface area contributed by atoms with Gasteiger partial charge < -0.3 is 14.6 Å². The van der Waals surface area contributed by atoms with E-state index >= 15 is 0 Å². The average Bonchev–Trinajstić information content (AvgIpc) is 3.40. The Kier molecular flexibility index (Phi) is 4.44. The molecule has 1 saturated heterocycles. The summed E-state index contributed by atoms with van der Waals surface area (Å²) in [5, 5.41) is 30.8. The summed E-state index contributed by atoms with van der Waals surface area (Å²) >= 11 is 0. The molecule has 0 radical (unpaired) electrons. The van der Waals surface area contributed by atoms with E-state index in [1.165, 1.54) is 0 Å². The molecule has 0 atom stereocenters. The molecule has 0 bridgehead atoms. The van der Waals surface area contributed by atoms with Crippen molar-refractivity contribution in [2.75, 3.05) is 18.0 Å². The Bertz CT molecular complexity index is 1130. The minimum absolute atomic E-state index is 0.0908. The monoisotopic (exact) mass is 390 g/mol. The minimum atomic E-state index is -0.0908. The van der Waals surface area contributed by atoms with Crippen LogP contribution in [0.5, 0.6) is 0 Å². The number of aliphatic hydroxyl groups is 1. The first-order chi connectivity index (χ1) is 14.2. The molecule has 148 valence electrons. The summed E-state index contributed by atoms with van der Waals surface area (Å²) < 4.78 is 3.66. The number of aliphatic hydroxyl groups excluding tert-OH is 1. The quantitative estimate of drug-likeness (QED) is 0.567. The molecule has 4 heterocycles. The van der Waals surface area contributed by atoms with Crippen LogP contribution in [-0.4, -0.2) is 52.8 Å². The fraction of sp³-hybridized carbons (Fsp3) is 0.350. The van der Waals surface area contributed by atoms with E-state index in [4.69, 9.17) is 0 Å². The first-order valence-corrected chi connectivity index (χ1v) is 9.75. The number of fused-ring (bicyclic) bond motifs is 1. The van der Waals surface area contributed by atoms with Crippen LogP contribution in [0, 0.1) is 0 Å². The Morgan fingerprint density at radius 3 is 2.59 bits per heavy atom. The second-order valence-electron chi connectivity index (χ2n) is 7.33. The lowest BCUT2D eigenvalue weighted by atomic mass is 9.95. The lowest BCUT2D eigenvalue weighted by Crippen LogP contribution is -2.34. The van der Waals surface area contributed by atoms with Crippen LogP contribution < -0.4 is 4.90 Å². The highest BCUT2D eigenvalue weighted by atomic mass is 16.3. The van der Waals surface area contributed by atoms with Crippen molar-refractivity contribution in [2.24, 2.45) is 7.05 Å². The van der Waals surface area contributed by atoms with E-state index < -0.39 is 0 Å². The van der Waals surface area contributed by atoms with Gasteiger partial charge in [0.25, 0.3) is 0 Å². The summed E-state index contributed by atoms with van der Waals surface area (Å²) in [4.78, 5) is 2.35. The van der Waals surface area contributed by atoms with Gasteiger partial charge in [0, 0.05) is 31.6 Å². The van der Waals surface area contributed by atoms with Gasteiger partial charge in [0.1, 0.15) is 18.8 Å². The SMILES string of the molecule is Cn1c(CO)nnc1C1CCN(c2cc(-c3ccccc3)nn3cnnc23)CC1. The Hall–Kier alpha value is -3.33. The first-order valence-electron chi connectivity index (χ1n) is 9.75. The van der Waals surface area contributed by atoms with Gasteiger partial charge in [0.2, 0.25) is 5.65 Å². The van der Waals surface area contributed by atoms with E-state index in [2.05, 4.69) is 48.6 Å². The molecule has 4 aromatic rings. The second kappa shape index (κ2) is 7.25. The van der Waals surface area contributed by atoms with Crippen LogP contribution in [0.15, 0.2) is 42.7 Å². The standard InChI is InChI=1S/C20H22N8O/c1-26-18(12-29)22-24-19(26)15-7-9-27(10-8-15)17-11-16(14-5-3-2-4-6-14)25-28-13-21-23-20(17)28/h2-6,11,13,15,29H,7-10,12H2,1H3. The molecule has 0 spiro atoms. The fourth-order valence-electron chi connectivity index (χ4n) is 4.04. The zero-order valence-corrected chi connectivity index (χ0v) is 16.2. The van der Waals surface area contributed by atoms with Gasteiger partial charge in [-0.05, 0) is 18.9 Å². The van der Waals surface area contributed by atoms with Gasteiger partial charge in [-0.2, -0.15) is 9.61 Å². The third-order valence-corrected chi connectivity index (χ3v) is 5.66. The molecule has 0 unspecified atom stereocenters. The summed E-state index contributed by atoms with van der Waals surface area (Å²) in [7, 11) is 1.92. The zero-order chi connectivity index (χ0) is 19.8. The number of anilines is 1. The van der Waals surface area contributed by atoms with Gasteiger partial charge in [-0.3, -0.25) is 0 Å². The smallest absolute Gasteiger partial charge is 0.200 e. The number of hydrogen-bond donors (Lipinski definition) is 1. The van der Waals surface area contributed by atoms with Crippen LogP contribution in [0.1, 0.15) is 30.4 Å². The molecule has 1 aliphatic rings. The molecular weight excluding hydrogens is 368 g/mol. The third-order valence-electron chi connectivity index (χ3n) is 5.66. The Morgan fingerprint density at radius 1 is 1.07 bits per heavy atom. The van der Waals surface area contributed by atoms with Gasteiger partial charge in [-0.1, -0.05) is 30.3 Å². The van der Waals surface area contributed by atoms with Crippen molar-refractivity contribution in [1.29, 1.82) is 0 Å². The van der Waals surface area contributed by atoms with Crippen LogP contribution in [-0.2, 0) is 13.7 Å². The summed E-state index contributed by atoms with van der Waals surface area (Å²) in [5.41, 5.74) is 3.78. The van der Waals surface area contributed by atoms with E-state index in [9.17, 15) is 5.11 Å². The van der Waals surface area contributed by atoms with Crippen molar-refractivity contribution in [3.8, 4) is 11.3 Å². The van der Waals surface area contributed by atoms with Crippen LogP contribution in [0.3, 0.4) is 0 Å². The van der Waals surface area contributed by atoms with Crippen molar-refractivity contribution in [2.45, 2.75) is 25.4 Å². The molecular formula is C20H22N8O. The molecule has 1 N–H and O–H groups in total. The third kappa shape index (κ3) is 3.13. The van der Waals surface area contributed by atoms with Crippen molar-refractivity contribution in [3.63, 3.8) is 0 Å². The molecule has 29 heavy (non-hydrogen) atoms. The molecule has 9 nitrogen and oxygen atoms in total. The highest BCUT2D eigenvalue weighted by Gasteiger charge is 2.27. The molecule has 3 aromatic heterocycles. The van der Waals surface area contributed by atoms with E-state index in [1.807, 2.05) is 29.8 Å². The molecule has 5 rings (SSSR count). The molecule has 9 heteroatoms. The summed E-state index contributed by atoms with van der Waals surface area (Å²) in [5.74, 6) is 1.88. The van der Waals surface area contributed by atoms with E-state index in [0.29, 0.717) is 11.7 Å². The van der Waals surface area contributed by atoms with Gasteiger partial charge in [0.05, 0.1) is 11.4 Å². The van der Waals surface area contributed by atoms with Crippen LogP contribution in [0.25, 0.3) is 16.9 Å². The maximum Gasteiger partial charge on any atom is 0.200 e. The number of rotatable bonds is 4. The molecule has 0 aliphatic carbocycles. The van der Waals surface area contributed by atoms with Gasteiger partial charge in [-0.15, -0.1) is 20.4 Å². The number of aromatic nitrogens is 7. The lowest BCUT2D eigenvalue weighted by molar-refractivity contribution is 0.266. The van der Waals surface area contributed by atoms with Crippen LogP contribution in [0.2, 0.25) is 0 Å². The highest BCUT2D eigenvalue weighted by molar-refractivity contribution is 5.74. The van der Waals surface area contributed by atoms with Crippen molar-refractivity contribution >= 4 is 11.3 Å². The molecule has 1 fully saturated rings. The Morgan fingerprint density at radius 2 is 1.86 bits per heavy atom. The van der Waals surface area contributed by atoms with E-state index in [1.54, 1.807) is 10.8 Å². The van der Waals surface area contributed by atoms with Crippen LogP contribution in [0.4, 0.5) is 5.69 Å². The van der Waals surface area contributed by atoms with E-state index in [0.717, 1.165) is 54.3 Å². The summed E-state index contributed by atoms with van der Waals surface area (Å²) in [6.07, 6.45) is 3.56. The fourth-order valence-corrected chi connectivity index (χ4v) is 4.04. The molecule has 0 amide bonds. The van der Waals surface area contributed by atoms with Crippen molar-refractivity contribution in [3.05, 3.63) is 54.4 Å². The normalized spacial score (nSPS) is 15.3. The van der Waals surface area contributed by atoms with Crippen molar-refractivity contribution < 1.29 is 5.11 Å². The zero-order valence-electron chi connectivity index (χ0n) is 16.2.